The van der Waals surface area contributed by atoms with E-state index in [1.54, 1.807) is 12.1 Å². The summed E-state index contributed by atoms with van der Waals surface area (Å²) in [6.07, 6.45) is 0. The van der Waals surface area contributed by atoms with E-state index in [1.165, 1.54) is 12.1 Å². The van der Waals surface area contributed by atoms with Crippen molar-refractivity contribution in [1.82, 2.24) is 0 Å². The second kappa shape index (κ2) is 5.01. The molecule has 3 nitrogen and oxygen atoms in total. The molecular formula is C13H9F3N2O. The van der Waals surface area contributed by atoms with Crippen LogP contribution in [0.1, 0.15) is 10.4 Å². The van der Waals surface area contributed by atoms with Gasteiger partial charge in [-0.25, -0.2) is 13.2 Å². The van der Waals surface area contributed by atoms with Gasteiger partial charge in [0.1, 0.15) is 0 Å². The summed E-state index contributed by atoms with van der Waals surface area (Å²) in [5.41, 5.74) is 6.08. The van der Waals surface area contributed by atoms with Gasteiger partial charge in [0.25, 0.3) is 5.91 Å². The smallest absolute Gasteiger partial charge is 0.255 e. The molecule has 0 unspecified atom stereocenters. The van der Waals surface area contributed by atoms with E-state index < -0.39 is 23.4 Å². The molecule has 0 aliphatic heterocycles. The Labute approximate surface area is 106 Å². The molecule has 6 heteroatoms. The Morgan fingerprint density at radius 3 is 2.05 bits per heavy atom. The van der Waals surface area contributed by atoms with Crippen molar-refractivity contribution in [3.8, 4) is 0 Å². The molecule has 3 N–H and O–H groups in total. The van der Waals surface area contributed by atoms with Crippen molar-refractivity contribution in [3.63, 3.8) is 0 Å². The van der Waals surface area contributed by atoms with Gasteiger partial charge in [-0.2, -0.15) is 0 Å². The molecule has 0 fully saturated rings. The van der Waals surface area contributed by atoms with Crippen molar-refractivity contribution in [1.29, 1.82) is 0 Å². The molecule has 0 radical (unpaired) electrons. The lowest BCUT2D eigenvalue weighted by Gasteiger charge is -2.06. The molecule has 2 rings (SSSR count). The van der Waals surface area contributed by atoms with Crippen LogP contribution in [0, 0.1) is 17.5 Å². The van der Waals surface area contributed by atoms with Gasteiger partial charge in [-0.1, -0.05) is 0 Å². The number of benzene rings is 2. The number of hydrogen-bond donors (Lipinski definition) is 2. The van der Waals surface area contributed by atoms with E-state index in [-0.39, 0.29) is 5.56 Å². The number of anilines is 2. The van der Waals surface area contributed by atoms with Crippen LogP contribution >= 0.6 is 0 Å². The zero-order chi connectivity index (χ0) is 14.0. The third-order valence-electron chi connectivity index (χ3n) is 2.41. The number of nitrogens with two attached hydrogens (primary N) is 1. The average Bonchev–Trinajstić information content (AvgIpc) is 2.38. The van der Waals surface area contributed by atoms with Crippen LogP contribution in [0.4, 0.5) is 24.5 Å². The summed E-state index contributed by atoms with van der Waals surface area (Å²) < 4.78 is 38.7. The molecule has 2 aromatic rings. The minimum Gasteiger partial charge on any atom is -0.399 e. The van der Waals surface area contributed by atoms with E-state index in [1.807, 2.05) is 0 Å². The Balaban J connectivity index is 2.23. The molecule has 0 saturated heterocycles. The van der Waals surface area contributed by atoms with Crippen LogP contribution in [-0.2, 0) is 0 Å². The number of carbonyl (C=O) groups is 1. The number of carbonyl (C=O) groups excluding carboxylic acids is 1. The molecule has 0 heterocycles. The van der Waals surface area contributed by atoms with E-state index in [4.69, 9.17) is 5.73 Å². The van der Waals surface area contributed by atoms with Crippen molar-refractivity contribution >= 4 is 17.3 Å². The van der Waals surface area contributed by atoms with Gasteiger partial charge in [0.05, 0.1) is 0 Å². The lowest BCUT2D eigenvalue weighted by atomic mass is 10.2. The van der Waals surface area contributed by atoms with Crippen molar-refractivity contribution in [2.75, 3.05) is 11.1 Å². The molecule has 1 amide bonds. The predicted octanol–water partition coefficient (Wildman–Crippen LogP) is 2.94. The number of nitrogen functional groups attached to an aromatic ring is 1. The van der Waals surface area contributed by atoms with E-state index >= 15 is 0 Å². The average molecular weight is 266 g/mol. The lowest BCUT2D eigenvalue weighted by Crippen LogP contribution is -2.13. The molecule has 0 saturated carbocycles. The second-order valence-electron chi connectivity index (χ2n) is 3.83. The lowest BCUT2D eigenvalue weighted by molar-refractivity contribution is 0.102. The standard InChI is InChI=1S/C13H9F3N2O/c14-10-5-7(6-11(15)12(10)16)13(19)18-9-3-1-8(17)2-4-9/h1-6H,17H2,(H,18,19). The topological polar surface area (TPSA) is 55.1 Å². The van der Waals surface area contributed by atoms with Gasteiger partial charge in [0.2, 0.25) is 0 Å². The Kier molecular flexibility index (Phi) is 3.41. The van der Waals surface area contributed by atoms with Crippen LogP contribution in [0.5, 0.6) is 0 Å². The molecule has 0 aliphatic rings. The maximum absolute atomic E-state index is 13.0. The first-order valence-corrected chi connectivity index (χ1v) is 5.29. The van der Waals surface area contributed by atoms with E-state index in [0.717, 1.165) is 0 Å². The highest BCUT2D eigenvalue weighted by molar-refractivity contribution is 6.04. The first-order valence-electron chi connectivity index (χ1n) is 5.29. The summed E-state index contributed by atoms with van der Waals surface area (Å²) in [7, 11) is 0. The zero-order valence-electron chi connectivity index (χ0n) is 9.58. The highest BCUT2D eigenvalue weighted by atomic mass is 19.2. The Morgan fingerprint density at radius 2 is 1.53 bits per heavy atom. The monoisotopic (exact) mass is 266 g/mol. The van der Waals surface area contributed by atoms with Gasteiger partial charge in [0, 0.05) is 16.9 Å². The fourth-order valence-electron chi connectivity index (χ4n) is 1.46. The quantitative estimate of drug-likeness (QED) is 0.648. The highest BCUT2D eigenvalue weighted by Gasteiger charge is 2.15. The third kappa shape index (κ3) is 2.85. The van der Waals surface area contributed by atoms with E-state index in [2.05, 4.69) is 5.32 Å². The highest BCUT2D eigenvalue weighted by Crippen LogP contribution is 2.16. The number of rotatable bonds is 2. The molecule has 98 valence electrons. The SMILES string of the molecule is Nc1ccc(NC(=O)c2cc(F)c(F)c(F)c2)cc1. The fraction of sp³-hybridized carbons (Fsp3) is 0. The van der Waals surface area contributed by atoms with Crippen molar-refractivity contribution < 1.29 is 18.0 Å². The van der Waals surface area contributed by atoms with Gasteiger partial charge < -0.3 is 11.1 Å². The summed E-state index contributed by atoms with van der Waals surface area (Å²) in [6, 6.07) is 7.44. The van der Waals surface area contributed by atoms with E-state index in [9.17, 15) is 18.0 Å². The van der Waals surface area contributed by atoms with Crippen molar-refractivity contribution in [2.45, 2.75) is 0 Å². The van der Waals surface area contributed by atoms with Crippen molar-refractivity contribution in [2.24, 2.45) is 0 Å². The van der Waals surface area contributed by atoms with Crippen LogP contribution in [0.3, 0.4) is 0 Å². The Hall–Kier alpha value is -2.50. The molecule has 19 heavy (non-hydrogen) atoms. The number of nitrogens with one attached hydrogen (secondary N) is 1. The summed E-state index contributed by atoms with van der Waals surface area (Å²) in [4.78, 5) is 11.7. The number of amides is 1. The molecule has 0 aromatic heterocycles. The summed E-state index contributed by atoms with van der Waals surface area (Å²) >= 11 is 0. The zero-order valence-corrected chi connectivity index (χ0v) is 9.58. The fourth-order valence-corrected chi connectivity index (χ4v) is 1.46. The minimum absolute atomic E-state index is 0.312. The largest absolute Gasteiger partial charge is 0.399 e. The molecule has 0 aliphatic carbocycles. The number of hydrogen-bond acceptors (Lipinski definition) is 2. The second-order valence-corrected chi connectivity index (χ2v) is 3.83. The van der Waals surface area contributed by atoms with Gasteiger partial charge in [-0.05, 0) is 36.4 Å². The van der Waals surface area contributed by atoms with Crippen LogP contribution in [0.25, 0.3) is 0 Å². The summed E-state index contributed by atoms with van der Waals surface area (Å²) in [6.45, 7) is 0. The molecule has 0 spiro atoms. The van der Waals surface area contributed by atoms with Gasteiger partial charge in [-0.3, -0.25) is 4.79 Å². The molecular weight excluding hydrogens is 257 g/mol. The van der Waals surface area contributed by atoms with Crippen LogP contribution in [0.2, 0.25) is 0 Å². The Morgan fingerprint density at radius 1 is 1.00 bits per heavy atom. The normalized spacial score (nSPS) is 10.3. The van der Waals surface area contributed by atoms with Crippen LogP contribution < -0.4 is 11.1 Å². The Bertz CT molecular complexity index is 603. The van der Waals surface area contributed by atoms with Crippen molar-refractivity contribution in [3.05, 3.63) is 59.4 Å². The molecule has 0 atom stereocenters. The maximum Gasteiger partial charge on any atom is 0.255 e. The summed E-state index contributed by atoms with van der Waals surface area (Å²) in [5, 5.41) is 2.41. The number of halogens is 3. The maximum atomic E-state index is 13.0. The molecule has 2 aromatic carbocycles. The third-order valence-corrected chi connectivity index (χ3v) is 2.41. The predicted molar refractivity (Wildman–Crippen MR) is 65.1 cm³/mol. The first-order chi connectivity index (χ1) is 8.97. The van der Waals surface area contributed by atoms with Crippen LogP contribution in [-0.4, -0.2) is 5.91 Å². The van der Waals surface area contributed by atoms with Gasteiger partial charge >= 0.3 is 0 Å². The van der Waals surface area contributed by atoms with Gasteiger partial charge in [0.15, 0.2) is 17.5 Å². The van der Waals surface area contributed by atoms with Crippen LogP contribution in [0.15, 0.2) is 36.4 Å². The molecule has 0 bridgehead atoms. The van der Waals surface area contributed by atoms with Gasteiger partial charge in [-0.15, -0.1) is 0 Å². The summed E-state index contributed by atoms with van der Waals surface area (Å²) in [5.74, 6) is -5.18. The first kappa shape index (κ1) is 12.9. The minimum atomic E-state index is -1.61. The van der Waals surface area contributed by atoms with E-state index in [0.29, 0.717) is 23.5 Å².